The zero-order valence-electron chi connectivity index (χ0n) is 15.7. The van der Waals surface area contributed by atoms with E-state index in [9.17, 15) is 4.79 Å². The molecule has 0 amide bonds. The lowest BCUT2D eigenvalue weighted by Gasteiger charge is -2.13. The highest BCUT2D eigenvalue weighted by Gasteiger charge is 2.24. The number of nitrogens with one attached hydrogen (secondary N) is 1. The minimum absolute atomic E-state index is 0.303. The summed E-state index contributed by atoms with van der Waals surface area (Å²) in [7, 11) is 4.01. The van der Waals surface area contributed by atoms with Crippen LogP contribution in [0.4, 0.5) is 5.69 Å². The predicted octanol–water partition coefficient (Wildman–Crippen LogP) is 4.90. The fourth-order valence-electron chi connectivity index (χ4n) is 3.14. The summed E-state index contributed by atoms with van der Waals surface area (Å²) in [5.74, 6) is -0.303. The van der Waals surface area contributed by atoms with E-state index >= 15 is 0 Å². The van der Waals surface area contributed by atoms with Crippen LogP contribution in [0, 0.1) is 6.92 Å². The Bertz CT molecular complexity index is 894. The molecule has 134 valence electrons. The average Bonchev–Trinajstić information content (AvgIpc) is 3.00. The lowest BCUT2D eigenvalue weighted by molar-refractivity contribution is 0.0528. The molecular formula is C22H24N2O2. The first kappa shape index (κ1) is 17.8. The zero-order valence-corrected chi connectivity index (χ0v) is 15.7. The van der Waals surface area contributed by atoms with E-state index in [-0.39, 0.29) is 5.97 Å². The fraction of sp³-hybridized carbons (Fsp3) is 0.227. The molecule has 0 fully saturated rings. The van der Waals surface area contributed by atoms with Gasteiger partial charge in [-0.2, -0.15) is 0 Å². The molecule has 1 aromatic heterocycles. The first-order valence-corrected chi connectivity index (χ1v) is 8.75. The van der Waals surface area contributed by atoms with Crippen molar-refractivity contribution >= 4 is 11.7 Å². The van der Waals surface area contributed by atoms with E-state index in [4.69, 9.17) is 4.74 Å². The van der Waals surface area contributed by atoms with Crippen molar-refractivity contribution in [2.45, 2.75) is 13.8 Å². The predicted molar refractivity (Wildman–Crippen MR) is 107 cm³/mol. The third-order valence-electron chi connectivity index (χ3n) is 4.40. The lowest BCUT2D eigenvalue weighted by atomic mass is 9.98. The Morgan fingerprint density at radius 1 is 1.00 bits per heavy atom. The topological polar surface area (TPSA) is 45.3 Å². The van der Waals surface area contributed by atoms with Crippen LogP contribution in [0.15, 0.2) is 54.6 Å². The maximum absolute atomic E-state index is 12.8. The number of ether oxygens (including phenoxy) is 1. The van der Waals surface area contributed by atoms with Gasteiger partial charge in [-0.1, -0.05) is 42.5 Å². The summed E-state index contributed by atoms with van der Waals surface area (Å²) in [6, 6.07) is 18.1. The van der Waals surface area contributed by atoms with E-state index in [2.05, 4.69) is 4.98 Å². The van der Waals surface area contributed by atoms with Crippen molar-refractivity contribution in [2.24, 2.45) is 0 Å². The van der Waals surface area contributed by atoms with Gasteiger partial charge >= 0.3 is 5.97 Å². The summed E-state index contributed by atoms with van der Waals surface area (Å²) < 4.78 is 5.36. The molecule has 0 bridgehead atoms. The molecule has 0 aliphatic rings. The highest BCUT2D eigenvalue weighted by atomic mass is 16.5. The van der Waals surface area contributed by atoms with Gasteiger partial charge in [0.1, 0.15) is 0 Å². The number of hydrogen-bond acceptors (Lipinski definition) is 3. The Balaban J connectivity index is 2.18. The number of aromatic amines is 1. The van der Waals surface area contributed by atoms with Gasteiger partial charge < -0.3 is 14.6 Å². The fourth-order valence-corrected chi connectivity index (χ4v) is 3.14. The summed E-state index contributed by atoms with van der Waals surface area (Å²) in [6.45, 7) is 4.16. The number of aromatic nitrogens is 1. The molecule has 4 nitrogen and oxygen atoms in total. The van der Waals surface area contributed by atoms with Crippen molar-refractivity contribution in [2.75, 3.05) is 25.6 Å². The Morgan fingerprint density at radius 2 is 1.65 bits per heavy atom. The van der Waals surface area contributed by atoms with Gasteiger partial charge in [0.15, 0.2) is 0 Å². The average molecular weight is 348 g/mol. The summed E-state index contributed by atoms with van der Waals surface area (Å²) in [5, 5.41) is 0. The molecule has 0 unspecified atom stereocenters. The van der Waals surface area contributed by atoms with Crippen molar-refractivity contribution in [3.05, 3.63) is 65.9 Å². The van der Waals surface area contributed by atoms with Gasteiger partial charge in [0.2, 0.25) is 0 Å². The first-order valence-electron chi connectivity index (χ1n) is 8.75. The second-order valence-electron chi connectivity index (χ2n) is 6.40. The third-order valence-corrected chi connectivity index (χ3v) is 4.40. The van der Waals surface area contributed by atoms with E-state index in [0.717, 1.165) is 33.8 Å². The minimum Gasteiger partial charge on any atom is -0.462 e. The van der Waals surface area contributed by atoms with Gasteiger partial charge in [0.25, 0.3) is 0 Å². The Kier molecular flexibility index (Phi) is 5.12. The van der Waals surface area contributed by atoms with Crippen LogP contribution >= 0.6 is 0 Å². The number of carbonyl (C=O) groups excluding carboxylic acids is 1. The number of hydrogen-bond donors (Lipinski definition) is 1. The largest absolute Gasteiger partial charge is 0.462 e. The Morgan fingerprint density at radius 3 is 2.23 bits per heavy atom. The molecule has 3 aromatic rings. The van der Waals surface area contributed by atoms with E-state index < -0.39 is 0 Å². The van der Waals surface area contributed by atoms with Crippen LogP contribution in [-0.2, 0) is 4.74 Å². The highest BCUT2D eigenvalue weighted by molar-refractivity contribution is 6.04. The van der Waals surface area contributed by atoms with Gasteiger partial charge in [-0.15, -0.1) is 0 Å². The van der Waals surface area contributed by atoms with Gasteiger partial charge in [0, 0.05) is 31.0 Å². The number of aryl methyl sites for hydroxylation is 1. The van der Waals surface area contributed by atoms with Crippen LogP contribution in [0.25, 0.3) is 22.4 Å². The number of rotatable bonds is 5. The van der Waals surface area contributed by atoms with E-state index in [1.807, 2.05) is 87.4 Å². The van der Waals surface area contributed by atoms with Crippen molar-refractivity contribution in [3.8, 4) is 22.4 Å². The maximum Gasteiger partial charge on any atom is 0.340 e. The van der Waals surface area contributed by atoms with Crippen molar-refractivity contribution in [1.29, 1.82) is 0 Å². The number of nitrogens with zero attached hydrogens (tertiary/aromatic N) is 1. The smallest absolute Gasteiger partial charge is 0.340 e. The minimum atomic E-state index is -0.303. The molecular weight excluding hydrogens is 324 g/mol. The van der Waals surface area contributed by atoms with Crippen LogP contribution < -0.4 is 4.90 Å². The first-order chi connectivity index (χ1) is 12.5. The van der Waals surface area contributed by atoms with E-state index in [0.29, 0.717) is 12.2 Å². The lowest BCUT2D eigenvalue weighted by Crippen LogP contribution is -2.08. The molecule has 0 atom stereocenters. The van der Waals surface area contributed by atoms with Crippen LogP contribution in [-0.4, -0.2) is 31.7 Å². The molecule has 0 radical (unpaired) electrons. The van der Waals surface area contributed by atoms with Crippen LogP contribution in [0.5, 0.6) is 0 Å². The number of esters is 1. The number of H-pyrrole nitrogens is 1. The summed E-state index contributed by atoms with van der Waals surface area (Å²) in [6.07, 6.45) is 0. The molecule has 0 spiro atoms. The molecule has 0 aliphatic heterocycles. The molecule has 26 heavy (non-hydrogen) atoms. The van der Waals surface area contributed by atoms with Gasteiger partial charge in [-0.25, -0.2) is 4.79 Å². The summed E-state index contributed by atoms with van der Waals surface area (Å²) >= 11 is 0. The molecule has 0 aliphatic carbocycles. The Hall–Kier alpha value is -3.01. The quantitative estimate of drug-likeness (QED) is 0.667. The van der Waals surface area contributed by atoms with Gasteiger partial charge in [0.05, 0.1) is 17.9 Å². The van der Waals surface area contributed by atoms with E-state index in [1.54, 1.807) is 0 Å². The third kappa shape index (κ3) is 3.36. The molecule has 1 N–H and O–H groups in total. The standard InChI is InChI=1S/C22H24N2O2/c1-5-26-22(25)20-19(16-9-7-6-8-10-16)15(2)23-21(20)17-11-13-18(14-12-17)24(3)4/h6-14,23H,5H2,1-4H3. The zero-order chi connectivity index (χ0) is 18.7. The maximum atomic E-state index is 12.8. The number of anilines is 1. The molecule has 1 heterocycles. The molecule has 2 aromatic carbocycles. The summed E-state index contributed by atoms with van der Waals surface area (Å²) in [4.78, 5) is 18.2. The molecule has 0 saturated heterocycles. The van der Waals surface area contributed by atoms with E-state index in [1.165, 1.54) is 0 Å². The SMILES string of the molecule is CCOC(=O)c1c(-c2ccc(N(C)C)cc2)[nH]c(C)c1-c1ccccc1. The van der Waals surface area contributed by atoms with Crippen LogP contribution in [0.2, 0.25) is 0 Å². The number of benzene rings is 2. The second-order valence-corrected chi connectivity index (χ2v) is 6.40. The van der Waals surface area contributed by atoms with Gasteiger partial charge in [-0.3, -0.25) is 0 Å². The van der Waals surface area contributed by atoms with Crippen LogP contribution in [0.3, 0.4) is 0 Å². The molecule has 0 saturated carbocycles. The monoisotopic (exact) mass is 348 g/mol. The molecule has 4 heteroatoms. The Labute approximate surface area is 154 Å². The van der Waals surface area contributed by atoms with Crippen molar-refractivity contribution in [3.63, 3.8) is 0 Å². The second kappa shape index (κ2) is 7.48. The number of carbonyl (C=O) groups is 1. The van der Waals surface area contributed by atoms with Gasteiger partial charge in [-0.05, 0) is 37.1 Å². The highest BCUT2D eigenvalue weighted by Crippen LogP contribution is 2.36. The normalized spacial score (nSPS) is 10.6. The van der Waals surface area contributed by atoms with Crippen molar-refractivity contribution < 1.29 is 9.53 Å². The molecule has 3 rings (SSSR count). The van der Waals surface area contributed by atoms with Crippen LogP contribution in [0.1, 0.15) is 23.0 Å². The van der Waals surface area contributed by atoms with Crippen molar-refractivity contribution in [1.82, 2.24) is 4.98 Å². The summed E-state index contributed by atoms with van der Waals surface area (Å²) in [5.41, 5.74) is 6.31.